The molecule has 0 aliphatic carbocycles. The van der Waals surface area contributed by atoms with Crippen LogP contribution >= 0.6 is 27.5 Å². The van der Waals surface area contributed by atoms with Crippen molar-refractivity contribution < 1.29 is 9.13 Å². The summed E-state index contributed by atoms with van der Waals surface area (Å²) in [5.41, 5.74) is 1.59. The van der Waals surface area contributed by atoms with Gasteiger partial charge in [-0.25, -0.2) is 4.39 Å². The smallest absolute Gasteiger partial charge is 0.148 e. The molecule has 102 valence electrons. The first-order valence-electron chi connectivity index (χ1n) is 5.63. The van der Waals surface area contributed by atoms with E-state index < -0.39 is 5.82 Å². The van der Waals surface area contributed by atoms with E-state index in [1.165, 1.54) is 12.1 Å². The van der Waals surface area contributed by atoms with Crippen LogP contribution in [-0.2, 0) is 0 Å². The fourth-order valence-electron chi connectivity index (χ4n) is 1.71. The quantitative estimate of drug-likeness (QED) is 0.718. The second kappa shape index (κ2) is 5.78. The van der Waals surface area contributed by atoms with Gasteiger partial charge >= 0.3 is 0 Å². The van der Waals surface area contributed by atoms with Gasteiger partial charge in [0, 0.05) is 17.8 Å². The van der Waals surface area contributed by atoms with E-state index in [2.05, 4.69) is 20.9 Å². The predicted molar refractivity (Wildman–Crippen MR) is 77.6 cm³/mol. The third-order valence-corrected chi connectivity index (χ3v) is 3.51. The lowest BCUT2D eigenvalue weighted by atomic mass is 10.2. The van der Waals surface area contributed by atoms with Gasteiger partial charge in [-0.3, -0.25) is 4.98 Å². The van der Waals surface area contributed by atoms with Crippen LogP contribution in [0.1, 0.15) is 17.0 Å². The van der Waals surface area contributed by atoms with Crippen molar-refractivity contribution in [1.82, 2.24) is 4.98 Å². The molecular formula is C14H9BrClFN2O. The van der Waals surface area contributed by atoms with Crippen molar-refractivity contribution in [2.24, 2.45) is 0 Å². The molecule has 0 aliphatic rings. The average Bonchev–Trinajstić information content (AvgIpc) is 2.35. The molecule has 0 amide bonds. The summed E-state index contributed by atoms with van der Waals surface area (Å²) >= 11 is 8.92. The second-order valence-corrected chi connectivity index (χ2v) is 5.39. The van der Waals surface area contributed by atoms with Gasteiger partial charge in [-0.1, -0.05) is 11.6 Å². The van der Waals surface area contributed by atoms with Crippen molar-refractivity contribution in [2.75, 3.05) is 0 Å². The zero-order valence-electron chi connectivity index (χ0n) is 10.7. The highest BCUT2D eigenvalue weighted by Crippen LogP contribution is 2.35. The number of aryl methyl sites for hydroxylation is 2. The van der Waals surface area contributed by atoms with E-state index in [1.54, 1.807) is 19.9 Å². The molecule has 2 rings (SSSR count). The number of aromatic nitrogens is 1. The predicted octanol–water partition coefficient (Wildman–Crippen LogP) is 4.92. The number of pyridine rings is 1. The molecule has 0 saturated carbocycles. The van der Waals surface area contributed by atoms with E-state index in [-0.39, 0.29) is 10.8 Å². The molecule has 1 aromatic heterocycles. The number of nitriles is 1. The van der Waals surface area contributed by atoms with Crippen LogP contribution in [0.5, 0.6) is 11.5 Å². The Balaban J connectivity index is 2.51. The molecule has 0 radical (unpaired) electrons. The molecule has 0 spiro atoms. The summed E-state index contributed by atoms with van der Waals surface area (Å²) in [5.74, 6) is -0.0146. The van der Waals surface area contributed by atoms with Crippen molar-refractivity contribution in [3.05, 3.63) is 50.5 Å². The third-order valence-electron chi connectivity index (χ3n) is 2.60. The van der Waals surface area contributed by atoms with E-state index in [9.17, 15) is 4.39 Å². The lowest BCUT2D eigenvalue weighted by Crippen LogP contribution is -1.97. The van der Waals surface area contributed by atoms with E-state index in [4.69, 9.17) is 21.6 Å². The first-order valence-corrected chi connectivity index (χ1v) is 6.80. The van der Waals surface area contributed by atoms with Gasteiger partial charge in [0.25, 0.3) is 0 Å². The number of hydrogen-bond acceptors (Lipinski definition) is 3. The highest BCUT2D eigenvalue weighted by Gasteiger charge is 2.14. The Labute approximate surface area is 129 Å². The van der Waals surface area contributed by atoms with Crippen molar-refractivity contribution in [3.8, 4) is 17.6 Å². The van der Waals surface area contributed by atoms with Crippen LogP contribution in [0.4, 0.5) is 4.39 Å². The van der Waals surface area contributed by atoms with Gasteiger partial charge in [-0.05, 0) is 35.8 Å². The van der Waals surface area contributed by atoms with Gasteiger partial charge < -0.3 is 4.74 Å². The molecule has 0 aliphatic heterocycles. The summed E-state index contributed by atoms with van der Waals surface area (Å²) in [4.78, 5) is 4.19. The van der Waals surface area contributed by atoms with E-state index >= 15 is 0 Å². The molecule has 2 aromatic rings. The molecule has 3 nitrogen and oxygen atoms in total. The second-order valence-electron chi connectivity index (χ2n) is 4.13. The maximum atomic E-state index is 13.5. The summed E-state index contributed by atoms with van der Waals surface area (Å²) in [6, 6.07) is 6.23. The van der Waals surface area contributed by atoms with Crippen LogP contribution in [0.15, 0.2) is 22.7 Å². The fourth-order valence-corrected chi connectivity index (χ4v) is 2.43. The van der Waals surface area contributed by atoms with Crippen molar-refractivity contribution in [3.63, 3.8) is 0 Å². The van der Waals surface area contributed by atoms with Crippen molar-refractivity contribution >= 4 is 27.5 Å². The minimum atomic E-state index is -0.592. The Bertz CT molecular complexity index is 728. The Morgan fingerprint density at radius 1 is 1.30 bits per heavy atom. The van der Waals surface area contributed by atoms with Gasteiger partial charge in [0.05, 0.1) is 15.2 Å². The summed E-state index contributed by atoms with van der Waals surface area (Å²) in [7, 11) is 0. The first-order chi connectivity index (χ1) is 9.42. The molecule has 0 saturated heterocycles. The van der Waals surface area contributed by atoms with Crippen LogP contribution in [0.2, 0.25) is 5.02 Å². The summed E-state index contributed by atoms with van der Waals surface area (Å²) in [5, 5.41) is 9.15. The molecular weight excluding hydrogens is 347 g/mol. The first kappa shape index (κ1) is 14.8. The van der Waals surface area contributed by atoms with Crippen LogP contribution in [0.25, 0.3) is 0 Å². The third kappa shape index (κ3) is 2.92. The molecule has 0 unspecified atom stereocenters. The number of rotatable bonds is 2. The van der Waals surface area contributed by atoms with Crippen LogP contribution < -0.4 is 4.74 Å². The molecule has 1 heterocycles. The Hall–Kier alpha value is -1.64. The number of ether oxygens (including phenoxy) is 1. The number of benzene rings is 1. The monoisotopic (exact) mass is 354 g/mol. The van der Waals surface area contributed by atoms with Gasteiger partial charge in [-0.2, -0.15) is 5.26 Å². The fraction of sp³-hybridized carbons (Fsp3) is 0.143. The molecule has 0 N–H and O–H groups in total. The largest absolute Gasteiger partial charge is 0.455 e. The topological polar surface area (TPSA) is 45.9 Å². The highest BCUT2D eigenvalue weighted by atomic mass is 79.9. The SMILES string of the molecule is Cc1cc(Oc2cc(F)c(Cl)cc2Br)c(C#N)c(C)n1. The Kier molecular flexibility index (Phi) is 4.26. The molecule has 0 atom stereocenters. The van der Waals surface area contributed by atoms with Gasteiger partial charge in [-0.15, -0.1) is 0 Å². The zero-order chi connectivity index (χ0) is 14.9. The molecule has 6 heteroatoms. The minimum absolute atomic E-state index is 0.00757. The molecule has 1 aromatic carbocycles. The maximum absolute atomic E-state index is 13.5. The average molecular weight is 356 g/mol. The Morgan fingerprint density at radius 2 is 2.00 bits per heavy atom. The lowest BCUT2D eigenvalue weighted by Gasteiger charge is -2.11. The van der Waals surface area contributed by atoms with Crippen LogP contribution in [-0.4, -0.2) is 4.98 Å². The van der Waals surface area contributed by atoms with Gasteiger partial charge in [0.15, 0.2) is 0 Å². The zero-order valence-corrected chi connectivity index (χ0v) is 13.0. The van der Waals surface area contributed by atoms with E-state index in [1.807, 2.05) is 6.07 Å². The summed E-state index contributed by atoms with van der Waals surface area (Å²) in [6.45, 7) is 3.51. The number of nitrogens with zero attached hydrogens (tertiary/aromatic N) is 2. The van der Waals surface area contributed by atoms with E-state index in [0.717, 1.165) is 0 Å². The summed E-state index contributed by atoms with van der Waals surface area (Å²) in [6.07, 6.45) is 0. The van der Waals surface area contributed by atoms with Gasteiger partial charge in [0.1, 0.15) is 28.9 Å². The van der Waals surface area contributed by atoms with Crippen LogP contribution in [0, 0.1) is 31.0 Å². The van der Waals surface area contributed by atoms with E-state index in [0.29, 0.717) is 27.2 Å². The number of halogens is 3. The molecule has 0 fully saturated rings. The summed E-state index contributed by atoms with van der Waals surface area (Å²) < 4.78 is 19.6. The highest BCUT2D eigenvalue weighted by molar-refractivity contribution is 9.10. The minimum Gasteiger partial charge on any atom is -0.455 e. The molecule has 20 heavy (non-hydrogen) atoms. The lowest BCUT2D eigenvalue weighted by molar-refractivity contribution is 0.470. The maximum Gasteiger partial charge on any atom is 0.148 e. The van der Waals surface area contributed by atoms with Crippen molar-refractivity contribution in [2.45, 2.75) is 13.8 Å². The Morgan fingerprint density at radius 3 is 2.65 bits per heavy atom. The van der Waals surface area contributed by atoms with Gasteiger partial charge in [0.2, 0.25) is 0 Å². The van der Waals surface area contributed by atoms with Crippen LogP contribution in [0.3, 0.4) is 0 Å². The number of hydrogen-bond donors (Lipinski definition) is 0. The van der Waals surface area contributed by atoms with Crippen molar-refractivity contribution in [1.29, 1.82) is 5.26 Å². The normalized spacial score (nSPS) is 10.2. The molecule has 0 bridgehead atoms. The standard InChI is InChI=1S/C14H9BrClFN2O/c1-7-3-13(9(6-18)8(2)19-7)20-14-5-12(17)11(16)4-10(14)15/h3-5H,1-2H3.